The van der Waals surface area contributed by atoms with Crippen LogP contribution in [0.1, 0.15) is 5.69 Å². The van der Waals surface area contributed by atoms with E-state index in [1.165, 1.54) is 0 Å². The summed E-state index contributed by atoms with van der Waals surface area (Å²) in [7, 11) is 0. The lowest BCUT2D eigenvalue weighted by Crippen LogP contribution is -1.93. The average Bonchev–Trinajstić information content (AvgIpc) is 2.59. The lowest BCUT2D eigenvalue weighted by molar-refractivity contribution is 1.24. The fraction of sp³-hybridized carbons (Fsp3) is 0.100. The molecule has 15 heavy (non-hydrogen) atoms. The molecule has 0 radical (unpaired) electrons. The van der Waals surface area contributed by atoms with Gasteiger partial charge in [-0.1, -0.05) is 17.7 Å². The second kappa shape index (κ2) is 4.24. The number of hydrogen-bond donors (Lipinski definition) is 2. The zero-order chi connectivity index (χ0) is 10.8. The Morgan fingerprint density at radius 2 is 2.27 bits per heavy atom. The largest absolute Gasteiger partial charge is 0.328 e. The summed E-state index contributed by atoms with van der Waals surface area (Å²) in [5.41, 5.74) is 1.90. The molecule has 1 aromatic heterocycles. The Bertz CT molecular complexity index is 481. The first kappa shape index (κ1) is 10.5. The van der Waals surface area contributed by atoms with Gasteiger partial charge in [0.25, 0.3) is 0 Å². The molecule has 3 nitrogen and oxygen atoms in total. The maximum atomic E-state index is 5.97. The molecule has 2 rings (SSSR count). The van der Waals surface area contributed by atoms with Crippen molar-refractivity contribution in [1.29, 1.82) is 0 Å². The number of aromatic nitrogens is 2. The van der Waals surface area contributed by atoms with E-state index in [0.717, 1.165) is 15.9 Å². The molecule has 0 amide bonds. The number of imidazole rings is 1. The van der Waals surface area contributed by atoms with Gasteiger partial charge in [0.1, 0.15) is 0 Å². The zero-order valence-corrected chi connectivity index (χ0v) is 10.4. The minimum atomic E-state index is 0.670. The predicted molar refractivity (Wildman–Crippen MR) is 65.8 cm³/mol. The van der Waals surface area contributed by atoms with E-state index >= 15 is 0 Å². The number of H-pyrrole nitrogens is 1. The Morgan fingerprint density at radius 3 is 2.93 bits per heavy atom. The highest BCUT2D eigenvalue weighted by Gasteiger charge is 2.05. The summed E-state index contributed by atoms with van der Waals surface area (Å²) in [5.74, 6) is 0.704. The minimum absolute atomic E-state index is 0.670. The highest BCUT2D eigenvalue weighted by Crippen LogP contribution is 2.31. The monoisotopic (exact) mass is 285 g/mol. The Morgan fingerprint density at radius 1 is 1.47 bits per heavy atom. The molecular formula is C10H9BrClN3. The number of halogens is 2. The quantitative estimate of drug-likeness (QED) is 0.879. The highest BCUT2D eigenvalue weighted by atomic mass is 79.9. The maximum absolute atomic E-state index is 5.97. The van der Waals surface area contributed by atoms with Crippen molar-refractivity contribution in [3.8, 4) is 0 Å². The van der Waals surface area contributed by atoms with Crippen molar-refractivity contribution < 1.29 is 0 Å². The number of benzene rings is 1. The van der Waals surface area contributed by atoms with Crippen LogP contribution in [0.3, 0.4) is 0 Å². The van der Waals surface area contributed by atoms with Crippen LogP contribution in [0.15, 0.2) is 28.9 Å². The minimum Gasteiger partial charge on any atom is -0.328 e. The van der Waals surface area contributed by atoms with E-state index in [9.17, 15) is 0 Å². The van der Waals surface area contributed by atoms with Crippen molar-refractivity contribution in [3.63, 3.8) is 0 Å². The van der Waals surface area contributed by atoms with E-state index in [1.807, 2.05) is 25.1 Å². The molecule has 78 valence electrons. The van der Waals surface area contributed by atoms with Gasteiger partial charge in [0, 0.05) is 11.9 Å². The Labute approximate surface area is 101 Å². The number of rotatable bonds is 2. The number of aromatic amines is 1. The van der Waals surface area contributed by atoms with Gasteiger partial charge in [-0.2, -0.15) is 0 Å². The van der Waals surface area contributed by atoms with Crippen molar-refractivity contribution in [2.75, 3.05) is 5.32 Å². The van der Waals surface area contributed by atoms with E-state index in [-0.39, 0.29) is 0 Å². The summed E-state index contributed by atoms with van der Waals surface area (Å²) in [6, 6.07) is 5.63. The first-order valence-corrected chi connectivity index (χ1v) is 5.56. The SMILES string of the molecule is Cc1cnc(Nc2cccc(Cl)c2Br)[nH]1. The van der Waals surface area contributed by atoms with Crippen LogP contribution in [0.4, 0.5) is 11.6 Å². The predicted octanol–water partition coefficient (Wildman–Crippen LogP) is 3.88. The third kappa shape index (κ3) is 2.33. The zero-order valence-electron chi connectivity index (χ0n) is 8.01. The van der Waals surface area contributed by atoms with Gasteiger partial charge in [-0.05, 0) is 35.0 Å². The summed E-state index contributed by atoms with van der Waals surface area (Å²) < 4.78 is 0.834. The molecule has 2 N–H and O–H groups in total. The van der Waals surface area contributed by atoms with Crippen LogP contribution in [0, 0.1) is 6.92 Å². The Kier molecular flexibility index (Phi) is 2.98. The van der Waals surface area contributed by atoms with E-state index in [1.54, 1.807) is 6.20 Å². The molecule has 0 atom stereocenters. The molecule has 2 aromatic rings. The van der Waals surface area contributed by atoms with Crippen LogP contribution < -0.4 is 5.32 Å². The maximum Gasteiger partial charge on any atom is 0.204 e. The number of nitrogens with zero attached hydrogens (tertiary/aromatic N) is 1. The first-order valence-electron chi connectivity index (χ1n) is 4.39. The Balaban J connectivity index is 2.28. The second-order valence-electron chi connectivity index (χ2n) is 3.14. The van der Waals surface area contributed by atoms with Gasteiger partial charge in [0.15, 0.2) is 0 Å². The fourth-order valence-electron chi connectivity index (χ4n) is 1.20. The van der Waals surface area contributed by atoms with Crippen LogP contribution in [0.2, 0.25) is 5.02 Å². The summed E-state index contributed by atoms with van der Waals surface area (Å²) >= 11 is 9.38. The molecule has 0 aliphatic rings. The van der Waals surface area contributed by atoms with Crippen molar-refractivity contribution in [2.24, 2.45) is 0 Å². The van der Waals surface area contributed by atoms with Crippen LogP contribution >= 0.6 is 27.5 Å². The third-order valence-corrected chi connectivity index (χ3v) is 3.31. The van der Waals surface area contributed by atoms with Gasteiger partial charge in [0.05, 0.1) is 15.2 Å². The molecule has 0 saturated heterocycles. The van der Waals surface area contributed by atoms with Crippen molar-refractivity contribution >= 4 is 39.2 Å². The first-order chi connectivity index (χ1) is 7.16. The lowest BCUT2D eigenvalue weighted by Gasteiger charge is -2.06. The molecule has 0 bridgehead atoms. The average molecular weight is 287 g/mol. The number of nitrogens with one attached hydrogen (secondary N) is 2. The van der Waals surface area contributed by atoms with E-state index in [4.69, 9.17) is 11.6 Å². The van der Waals surface area contributed by atoms with Crippen LogP contribution in [0.5, 0.6) is 0 Å². The summed E-state index contributed by atoms with van der Waals surface area (Å²) in [6.45, 7) is 1.95. The van der Waals surface area contributed by atoms with Gasteiger partial charge >= 0.3 is 0 Å². The molecule has 0 fully saturated rings. The third-order valence-electron chi connectivity index (χ3n) is 1.91. The normalized spacial score (nSPS) is 10.3. The number of hydrogen-bond acceptors (Lipinski definition) is 2. The van der Waals surface area contributed by atoms with Crippen LogP contribution in [0.25, 0.3) is 0 Å². The molecule has 0 saturated carbocycles. The van der Waals surface area contributed by atoms with Gasteiger partial charge < -0.3 is 10.3 Å². The van der Waals surface area contributed by atoms with Gasteiger partial charge in [0.2, 0.25) is 5.95 Å². The Hall–Kier alpha value is -1.000. The lowest BCUT2D eigenvalue weighted by atomic mass is 10.3. The van der Waals surface area contributed by atoms with E-state index in [0.29, 0.717) is 11.0 Å². The fourth-order valence-corrected chi connectivity index (χ4v) is 1.74. The van der Waals surface area contributed by atoms with Crippen molar-refractivity contribution in [1.82, 2.24) is 9.97 Å². The van der Waals surface area contributed by atoms with Crippen LogP contribution in [-0.2, 0) is 0 Å². The van der Waals surface area contributed by atoms with Gasteiger partial charge in [-0.25, -0.2) is 4.98 Å². The van der Waals surface area contributed by atoms with Crippen molar-refractivity contribution in [3.05, 3.63) is 39.6 Å². The molecule has 5 heteroatoms. The summed E-state index contributed by atoms with van der Waals surface area (Å²) in [5, 5.41) is 3.81. The highest BCUT2D eigenvalue weighted by molar-refractivity contribution is 9.10. The van der Waals surface area contributed by atoms with E-state index in [2.05, 4.69) is 31.2 Å². The number of anilines is 2. The summed E-state index contributed by atoms with van der Waals surface area (Å²) in [6.07, 6.45) is 1.76. The smallest absolute Gasteiger partial charge is 0.204 e. The molecule has 0 spiro atoms. The molecule has 0 aliphatic carbocycles. The summed E-state index contributed by atoms with van der Waals surface area (Å²) in [4.78, 5) is 7.24. The van der Waals surface area contributed by atoms with Gasteiger partial charge in [-0.3, -0.25) is 0 Å². The van der Waals surface area contributed by atoms with Crippen molar-refractivity contribution in [2.45, 2.75) is 6.92 Å². The molecule has 0 aliphatic heterocycles. The van der Waals surface area contributed by atoms with Crippen LogP contribution in [-0.4, -0.2) is 9.97 Å². The van der Waals surface area contributed by atoms with E-state index < -0.39 is 0 Å². The molecule has 1 heterocycles. The molecule has 1 aromatic carbocycles. The second-order valence-corrected chi connectivity index (χ2v) is 4.34. The topological polar surface area (TPSA) is 40.7 Å². The molecular weight excluding hydrogens is 277 g/mol. The van der Waals surface area contributed by atoms with Gasteiger partial charge in [-0.15, -0.1) is 0 Å². The number of aryl methyl sites for hydroxylation is 1. The standard InChI is InChI=1S/C10H9BrClN3/c1-6-5-13-10(14-6)15-8-4-2-3-7(12)9(8)11/h2-5H,1H3,(H2,13,14,15). The molecule has 0 unspecified atom stereocenters.